The van der Waals surface area contributed by atoms with Crippen molar-refractivity contribution in [3.8, 4) is 6.07 Å². The zero-order valence-corrected chi connectivity index (χ0v) is 16.8. The topological polar surface area (TPSA) is 115 Å². The van der Waals surface area contributed by atoms with E-state index in [1.807, 2.05) is 60.7 Å². The van der Waals surface area contributed by atoms with Gasteiger partial charge in [-0.25, -0.2) is 4.98 Å². The SMILES string of the molecule is N#CC1C(Cc2ccnc(N)c2)C(=O)N1C(O)NC(c1ccccc1)c1ccccc1. The van der Waals surface area contributed by atoms with Gasteiger partial charge in [0.15, 0.2) is 6.35 Å². The lowest BCUT2D eigenvalue weighted by Gasteiger charge is -2.46. The number of nitrogens with zero attached hydrogens (tertiary/aromatic N) is 3. The van der Waals surface area contributed by atoms with Crippen LogP contribution in [0.1, 0.15) is 22.7 Å². The molecule has 2 aromatic carbocycles. The summed E-state index contributed by atoms with van der Waals surface area (Å²) in [5, 5.41) is 23.7. The number of carbonyl (C=O) groups excluding carboxylic acids is 1. The van der Waals surface area contributed by atoms with Crippen LogP contribution >= 0.6 is 0 Å². The molecule has 0 bridgehead atoms. The predicted octanol–water partition coefficient (Wildman–Crippen LogP) is 2.21. The highest BCUT2D eigenvalue weighted by Gasteiger charge is 2.50. The summed E-state index contributed by atoms with van der Waals surface area (Å²) in [6, 6.07) is 23.9. The highest BCUT2D eigenvalue weighted by atomic mass is 16.3. The van der Waals surface area contributed by atoms with E-state index in [0.29, 0.717) is 12.2 Å². The normalized spacial score (nSPS) is 19.0. The molecule has 1 fully saturated rings. The molecular formula is C24H23N5O2. The summed E-state index contributed by atoms with van der Waals surface area (Å²) in [4.78, 5) is 18.0. The molecule has 2 heterocycles. The number of nitriles is 1. The van der Waals surface area contributed by atoms with Crippen molar-refractivity contribution in [1.82, 2.24) is 15.2 Å². The molecule has 4 rings (SSSR count). The van der Waals surface area contributed by atoms with Gasteiger partial charge >= 0.3 is 0 Å². The third kappa shape index (κ3) is 4.26. The van der Waals surface area contributed by atoms with Crippen molar-refractivity contribution in [3.63, 3.8) is 0 Å². The van der Waals surface area contributed by atoms with E-state index in [0.717, 1.165) is 16.7 Å². The molecule has 4 N–H and O–H groups in total. The summed E-state index contributed by atoms with van der Waals surface area (Å²) in [5.74, 6) is -0.443. The Morgan fingerprint density at radius 3 is 2.26 bits per heavy atom. The van der Waals surface area contributed by atoms with Gasteiger partial charge in [0, 0.05) is 6.20 Å². The second kappa shape index (κ2) is 8.96. The molecule has 0 radical (unpaired) electrons. The van der Waals surface area contributed by atoms with Gasteiger partial charge in [0.2, 0.25) is 5.91 Å². The van der Waals surface area contributed by atoms with E-state index in [4.69, 9.17) is 5.73 Å². The third-order valence-corrected chi connectivity index (χ3v) is 5.53. The van der Waals surface area contributed by atoms with Crippen molar-refractivity contribution in [2.45, 2.75) is 24.9 Å². The molecule has 7 heteroatoms. The number of aromatic nitrogens is 1. The molecular weight excluding hydrogens is 390 g/mol. The number of pyridine rings is 1. The van der Waals surface area contributed by atoms with Gasteiger partial charge in [0.05, 0.1) is 18.0 Å². The van der Waals surface area contributed by atoms with Crippen LogP contribution in [0.15, 0.2) is 79.0 Å². The Morgan fingerprint density at radius 1 is 1.10 bits per heavy atom. The summed E-state index contributed by atoms with van der Waals surface area (Å²) in [5.41, 5.74) is 8.43. The number of likely N-dealkylation sites (tertiary alicyclic amines) is 1. The first-order valence-electron chi connectivity index (χ1n) is 10.0. The fraction of sp³-hybridized carbons (Fsp3) is 0.208. The standard InChI is InChI=1S/C24H23N5O2/c25-15-20-19(13-16-11-12-27-21(26)14-16)23(30)29(20)24(31)28-22(17-7-3-1-4-8-17)18-9-5-2-6-10-18/h1-12,14,19-20,22,24,28,31H,13H2,(H2,26,27). The number of nitrogens with two attached hydrogens (primary N) is 1. The van der Waals surface area contributed by atoms with Crippen LogP contribution in [0.3, 0.4) is 0 Å². The van der Waals surface area contributed by atoms with Crippen LogP contribution < -0.4 is 11.1 Å². The number of rotatable bonds is 7. The van der Waals surface area contributed by atoms with Crippen LogP contribution in [0.25, 0.3) is 0 Å². The summed E-state index contributed by atoms with van der Waals surface area (Å²) in [7, 11) is 0. The number of aliphatic hydroxyl groups is 1. The van der Waals surface area contributed by atoms with E-state index in [1.54, 1.807) is 18.3 Å². The third-order valence-electron chi connectivity index (χ3n) is 5.53. The van der Waals surface area contributed by atoms with Crippen LogP contribution in [0.2, 0.25) is 0 Å². The molecule has 1 aromatic heterocycles. The summed E-state index contributed by atoms with van der Waals surface area (Å²) in [6.45, 7) is 0. The van der Waals surface area contributed by atoms with E-state index in [1.165, 1.54) is 4.90 Å². The van der Waals surface area contributed by atoms with Gasteiger partial charge in [-0.05, 0) is 35.2 Å². The maximum Gasteiger partial charge on any atom is 0.233 e. The average Bonchev–Trinajstić information content (AvgIpc) is 2.80. The first-order chi connectivity index (χ1) is 15.1. The van der Waals surface area contributed by atoms with Gasteiger partial charge in [0.1, 0.15) is 11.9 Å². The molecule has 156 valence electrons. The van der Waals surface area contributed by atoms with Gasteiger partial charge in [0.25, 0.3) is 0 Å². The quantitative estimate of drug-likeness (QED) is 0.404. The molecule has 1 amide bonds. The minimum atomic E-state index is -1.30. The van der Waals surface area contributed by atoms with Crippen molar-refractivity contribution >= 4 is 11.7 Å². The Kier molecular flexibility index (Phi) is 5.94. The van der Waals surface area contributed by atoms with Crippen LogP contribution in [0.5, 0.6) is 0 Å². The highest BCUT2D eigenvalue weighted by Crippen LogP contribution is 2.32. The van der Waals surface area contributed by atoms with Gasteiger partial charge in [-0.2, -0.15) is 5.26 Å². The fourth-order valence-corrected chi connectivity index (χ4v) is 3.98. The van der Waals surface area contributed by atoms with Crippen LogP contribution in [-0.4, -0.2) is 33.3 Å². The van der Waals surface area contributed by atoms with Gasteiger partial charge in [-0.15, -0.1) is 0 Å². The molecule has 0 saturated carbocycles. The molecule has 1 aliphatic heterocycles. The minimum Gasteiger partial charge on any atom is -0.384 e. The Bertz CT molecular complexity index is 1040. The first kappa shape index (κ1) is 20.5. The second-order valence-electron chi connectivity index (χ2n) is 7.51. The predicted molar refractivity (Wildman–Crippen MR) is 116 cm³/mol. The molecule has 1 aliphatic rings. The zero-order valence-electron chi connectivity index (χ0n) is 16.8. The van der Waals surface area contributed by atoms with Crippen LogP contribution in [0.4, 0.5) is 5.82 Å². The smallest absolute Gasteiger partial charge is 0.233 e. The summed E-state index contributed by atoms with van der Waals surface area (Å²) < 4.78 is 0. The molecule has 7 nitrogen and oxygen atoms in total. The van der Waals surface area contributed by atoms with E-state index in [-0.39, 0.29) is 11.9 Å². The monoisotopic (exact) mass is 413 g/mol. The fourth-order valence-electron chi connectivity index (χ4n) is 3.98. The number of anilines is 1. The number of nitrogens with one attached hydrogen (secondary N) is 1. The second-order valence-corrected chi connectivity index (χ2v) is 7.51. The van der Waals surface area contributed by atoms with Gasteiger partial charge < -0.3 is 10.8 Å². The Labute approximate surface area is 180 Å². The number of hydrogen-bond acceptors (Lipinski definition) is 6. The lowest BCUT2D eigenvalue weighted by atomic mass is 9.83. The van der Waals surface area contributed by atoms with Crippen molar-refractivity contribution in [3.05, 3.63) is 95.7 Å². The minimum absolute atomic E-state index is 0.276. The Morgan fingerprint density at radius 2 is 1.71 bits per heavy atom. The lowest BCUT2D eigenvalue weighted by Crippen LogP contribution is -2.67. The number of nitrogen functional groups attached to an aromatic ring is 1. The van der Waals surface area contributed by atoms with Gasteiger partial charge in [-0.1, -0.05) is 60.7 Å². The van der Waals surface area contributed by atoms with Crippen LogP contribution in [-0.2, 0) is 11.2 Å². The van der Waals surface area contributed by atoms with E-state index in [2.05, 4.69) is 16.4 Å². The largest absolute Gasteiger partial charge is 0.384 e. The number of β-lactam (4-membered cyclic amide) rings is 1. The van der Waals surface area contributed by atoms with E-state index >= 15 is 0 Å². The molecule has 0 spiro atoms. The molecule has 1 saturated heterocycles. The van der Waals surface area contributed by atoms with Crippen molar-refractivity contribution < 1.29 is 9.90 Å². The number of hydrogen-bond donors (Lipinski definition) is 3. The number of amides is 1. The molecule has 31 heavy (non-hydrogen) atoms. The van der Waals surface area contributed by atoms with E-state index < -0.39 is 18.3 Å². The zero-order chi connectivity index (χ0) is 21.8. The average molecular weight is 413 g/mol. The maximum atomic E-state index is 12.8. The molecule has 3 atom stereocenters. The lowest BCUT2D eigenvalue weighted by molar-refractivity contribution is -0.174. The van der Waals surface area contributed by atoms with E-state index in [9.17, 15) is 15.2 Å². The number of benzene rings is 2. The summed E-state index contributed by atoms with van der Waals surface area (Å²) in [6.07, 6.45) is 0.642. The van der Waals surface area contributed by atoms with Crippen molar-refractivity contribution in [1.29, 1.82) is 5.26 Å². The maximum absolute atomic E-state index is 12.8. The first-order valence-corrected chi connectivity index (χ1v) is 10.0. The van der Waals surface area contributed by atoms with Crippen molar-refractivity contribution in [2.24, 2.45) is 5.92 Å². The number of carbonyl (C=O) groups is 1. The highest BCUT2D eigenvalue weighted by molar-refractivity contribution is 5.87. The van der Waals surface area contributed by atoms with Crippen LogP contribution in [0, 0.1) is 17.2 Å². The number of aliphatic hydroxyl groups excluding tert-OH is 1. The molecule has 3 aromatic rings. The Hall–Kier alpha value is -3.73. The molecule has 3 unspecified atom stereocenters. The van der Waals surface area contributed by atoms with Gasteiger partial charge in [-0.3, -0.25) is 15.0 Å². The van der Waals surface area contributed by atoms with Crippen molar-refractivity contribution in [2.75, 3.05) is 5.73 Å². The molecule has 0 aliphatic carbocycles. The summed E-state index contributed by atoms with van der Waals surface area (Å²) >= 11 is 0. The Balaban J connectivity index is 1.52.